The summed E-state index contributed by atoms with van der Waals surface area (Å²) in [6.45, 7) is 0.495. The maximum Gasteiger partial charge on any atom is 0.212 e. The van der Waals surface area contributed by atoms with Crippen molar-refractivity contribution in [1.82, 2.24) is 10.0 Å². The predicted octanol–water partition coefficient (Wildman–Crippen LogP) is -1.18. The van der Waals surface area contributed by atoms with Gasteiger partial charge in [-0.3, -0.25) is 10.8 Å². The lowest BCUT2D eigenvalue weighted by molar-refractivity contribution is 0.229. The Balaban J connectivity index is 2.71. The Morgan fingerprint density at radius 1 is 1.27 bits per heavy atom. The van der Waals surface area contributed by atoms with Crippen LogP contribution in [0.3, 0.4) is 0 Å². The van der Waals surface area contributed by atoms with E-state index in [0.717, 1.165) is 0 Å². The van der Waals surface area contributed by atoms with E-state index in [-0.39, 0.29) is 11.9 Å². The fourth-order valence-corrected chi connectivity index (χ4v) is 0.840. The second-order valence-electron chi connectivity index (χ2n) is 2.08. The van der Waals surface area contributed by atoms with Crippen molar-refractivity contribution in [3.05, 3.63) is 12.3 Å². The van der Waals surface area contributed by atoms with Crippen molar-refractivity contribution >= 4 is 11.9 Å². The van der Waals surface area contributed by atoms with Gasteiger partial charge in [-0.05, 0) is 6.08 Å². The zero-order valence-corrected chi connectivity index (χ0v) is 5.91. The summed E-state index contributed by atoms with van der Waals surface area (Å²) in [4.78, 5) is 0. The van der Waals surface area contributed by atoms with Gasteiger partial charge < -0.3 is 11.5 Å². The van der Waals surface area contributed by atoms with E-state index in [1.54, 1.807) is 12.3 Å². The Kier molecular flexibility index (Phi) is 1.67. The first-order chi connectivity index (χ1) is 5.13. The maximum absolute atomic E-state index is 7.09. The Hall–Kier alpha value is -1.72. The van der Waals surface area contributed by atoms with Gasteiger partial charge in [0.05, 0.1) is 6.54 Å². The van der Waals surface area contributed by atoms with Gasteiger partial charge >= 0.3 is 0 Å². The van der Waals surface area contributed by atoms with Crippen molar-refractivity contribution in [3.8, 4) is 0 Å². The van der Waals surface area contributed by atoms with Crippen LogP contribution in [0.2, 0.25) is 0 Å². The number of nitrogens with two attached hydrogens (primary N) is 2. The first-order valence-electron chi connectivity index (χ1n) is 3.04. The summed E-state index contributed by atoms with van der Waals surface area (Å²) < 4.78 is 0. The Bertz CT molecular complexity index is 219. The average molecular weight is 154 g/mol. The molecule has 60 valence electrons. The van der Waals surface area contributed by atoms with E-state index >= 15 is 0 Å². The standard InChI is InChI=1S/C5H10N6/c6-4(7)10-2-1-3-11(10)5(8)9/h1-2H,3H2,(H3,6,7)(H3,8,9). The molecule has 6 N–H and O–H groups in total. The molecule has 1 rings (SSSR count). The van der Waals surface area contributed by atoms with Crippen LogP contribution in [-0.2, 0) is 0 Å². The highest BCUT2D eigenvalue weighted by Gasteiger charge is 2.18. The summed E-state index contributed by atoms with van der Waals surface area (Å²) in [5.74, 6) is -0.265. The predicted molar refractivity (Wildman–Crippen MR) is 41.5 cm³/mol. The van der Waals surface area contributed by atoms with Crippen molar-refractivity contribution in [2.24, 2.45) is 11.5 Å². The molecule has 6 heteroatoms. The second-order valence-corrected chi connectivity index (χ2v) is 2.08. The van der Waals surface area contributed by atoms with Gasteiger partial charge in [-0.15, -0.1) is 0 Å². The van der Waals surface area contributed by atoms with Crippen molar-refractivity contribution in [2.45, 2.75) is 0 Å². The molecule has 1 aliphatic heterocycles. The molecular weight excluding hydrogens is 144 g/mol. The van der Waals surface area contributed by atoms with Gasteiger partial charge in [0.2, 0.25) is 11.9 Å². The quantitative estimate of drug-likeness (QED) is 0.260. The molecule has 1 aliphatic rings. The lowest BCUT2D eigenvalue weighted by atomic mass is 10.6. The largest absolute Gasteiger partial charge is 0.369 e. The molecule has 0 aromatic heterocycles. The van der Waals surface area contributed by atoms with Gasteiger partial charge in [-0.25, -0.2) is 10.0 Å². The smallest absolute Gasteiger partial charge is 0.212 e. The summed E-state index contributed by atoms with van der Waals surface area (Å²) >= 11 is 0. The highest BCUT2D eigenvalue weighted by atomic mass is 15.7. The van der Waals surface area contributed by atoms with Crippen LogP contribution in [0.4, 0.5) is 0 Å². The van der Waals surface area contributed by atoms with E-state index in [0.29, 0.717) is 6.54 Å². The molecule has 0 spiro atoms. The number of nitrogens with zero attached hydrogens (tertiary/aromatic N) is 2. The van der Waals surface area contributed by atoms with Crippen LogP contribution in [0.25, 0.3) is 0 Å². The van der Waals surface area contributed by atoms with E-state index in [1.807, 2.05) is 0 Å². The molecule has 1 heterocycles. The van der Waals surface area contributed by atoms with Crippen molar-refractivity contribution < 1.29 is 0 Å². The first-order valence-corrected chi connectivity index (χ1v) is 3.04. The van der Waals surface area contributed by atoms with Crippen LogP contribution in [0.5, 0.6) is 0 Å². The number of guanidine groups is 2. The van der Waals surface area contributed by atoms with Crippen LogP contribution in [0, 0.1) is 10.8 Å². The molecule has 6 nitrogen and oxygen atoms in total. The van der Waals surface area contributed by atoms with Crippen LogP contribution < -0.4 is 11.5 Å². The molecule has 0 aromatic carbocycles. The fourth-order valence-electron chi connectivity index (χ4n) is 0.840. The zero-order valence-electron chi connectivity index (χ0n) is 5.91. The number of hydrazine groups is 1. The van der Waals surface area contributed by atoms with Gasteiger partial charge in [-0.1, -0.05) is 0 Å². The summed E-state index contributed by atoms with van der Waals surface area (Å²) in [6, 6.07) is 0. The van der Waals surface area contributed by atoms with Gasteiger partial charge in [0.1, 0.15) is 0 Å². The zero-order chi connectivity index (χ0) is 8.43. The average Bonchev–Trinajstić information content (AvgIpc) is 2.32. The highest BCUT2D eigenvalue weighted by molar-refractivity contribution is 5.82. The summed E-state index contributed by atoms with van der Waals surface area (Å²) in [6.07, 6.45) is 3.37. The molecular formula is C5H10N6. The summed E-state index contributed by atoms with van der Waals surface area (Å²) in [5, 5.41) is 16.8. The molecule has 11 heavy (non-hydrogen) atoms. The monoisotopic (exact) mass is 154 g/mol. The third-order valence-electron chi connectivity index (χ3n) is 1.31. The number of hydrogen-bond acceptors (Lipinski definition) is 2. The van der Waals surface area contributed by atoms with Crippen LogP contribution in [0.1, 0.15) is 0 Å². The molecule has 0 aromatic rings. The van der Waals surface area contributed by atoms with E-state index in [4.69, 9.17) is 22.3 Å². The Morgan fingerprint density at radius 3 is 2.27 bits per heavy atom. The normalized spacial score (nSPS) is 15.6. The molecule has 0 amide bonds. The lowest BCUT2D eigenvalue weighted by Crippen LogP contribution is -2.49. The third kappa shape index (κ3) is 1.23. The highest BCUT2D eigenvalue weighted by Crippen LogP contribution is 2.04. The van der Waals surface area contributed by atoms with Crippen molar-refractivity contribution in [1.29, 1.82) is 10.8 Å². The molecule has 0 fully saturated rings. The van der Waals surface area contributed by atoms with E-state index in [2.05, 4.69) is 0 Å². The van der Waals surface area contributed by atoms with E-state index in [1.165, 1.54) is 10.0 Å². The second kappa shape index (κ2) is 2.49. The lowest BCUT2D eigenvalue weighted by Gasteiger charge is -2.26. The molecule has 0 aliphatic carbocycles. The first kappa shape index (κ1) is 7.39. The van der Waals surface area contributed by atoms with Gasteiger partial charge in [0.25, 0.3) is 0 Å². The fraction of sp³-hybridized carbons (Fsp3) is 0.200. The minimum absolute atomic E-state index is 0.120. The van der Waals surface area contributed by atoms with Crippen LogP contribution >= 0.6 is 0 Å². The van der Waals surface area contributed by atoms with Gasteiger partial charge in [-0.2, -0.15) is 0 Å². The number of nitrogens with one attached hydrogen (secondary N) is 2. The van der Waals surface area contributed by atoms with Gasteiger partial charge in [0, 0.05) is 6.20 Å². The molecule has 0 radical (unpaired) electrons. The van der Waals surface area contributed by atoms with E-state index < -0.39 is 0 Å². The van der Waals surface area contributed by atoms with Crippen LogP contribution in [0.15, 0.2) is 12.3 Å². The Labute approximate surface area is 64.0 Å². The molecule has 0 unspecified atom stereocenters. The number of hydrogen-bond donors (Lipinski definition) is 4. The van der Waals surface area contributed by atoms with Crippen molar-refractivity contribution in [3.63, 3.8) is 0 Å². The summed E-state index contributed by atoms with van der Waals surface area (Å²) in [7, 11) is 0. The molecule has 0 bridgehead atoms. The Morgan fingerprint density at radius 2 is 1.91 bits per heavy atom. The summed E-state index contributed by atoms with van der Waals surface area (Å²) in [5.41, 5.74) is 10.4. The minimum atomic E-state index is -0.144. The van der Waals surface area contributed by atoms with Crippen LogP contribution in [-0.4, -0.2) is 28.5 Å². The molecule has 0 saturated heterocycles. The molecule has 0 saturated carbocycles. The SMILES string of the molecule is N=C(N)N1C=CCN1C(=N)N. The molecule has 0 atom stereocenters. The topological polar surface area (TPSA) is 106 Å². The minimum Gasteiger partial charge on any atom is -0.369 e. The van der Waals surface area contributed by atoms with Gasteiger partial charge in [0.15, 0.2) is 0 Å². The van der Waals surface area contributed by atoms with E-state index in [9.17, 15) is 0 Å². The van der Waals surface area contributed by atoms with Crippen molar-refractivity contribution in [2.75, 3.05) is 6.54 Å². The maximum atomic E-state index is 7.09. The number of rotatable bonds is 0. The third-order valence-corrected chi connectivity index (χ3v) is 1.31.